The highest BCUT2D eigenvalue weighted by atomic mass is 31.2. The molecular formula is C51H92NO8P. The van der Waals surface area contributed by atoms with Gasteiger partial charge in [-0.05, 0) is 57.8 Å². The Hall–Kier alpha value is -2.29. The zero-order valence-electron chi connectivity index (χ0n) is 39.1. The number of allylic oxidation sites excluding steroid dienone is 10. The molecule has 61 heavy (non-hydrogen) atoms. The van der Waals surface area contributed by atoms with Crippen molar-refractivity contribution in [3.8, 4) is 0 Å². The van der Waals surface area contributed by atoms with Crippen molar-refractivity contribution in [1.82, 2.24) is 5.32 Å². The molecule has 2 atom stereocenters. The molecular weight excluding hydrogens is 786 g/mol. The van der Waals surface area contributed by atoms with E-state index in [1.54, 1.807) is 0 Å². The fraction of sp³-hybridized carbons (Fsp3) is 0.765. The predicted molar refractivity (Wildman–Crippen MR) is 256 cm³/mol. The lowest BCUT2D eigenvalue weighted by Gasteiger charge is -2.15. The smallest absolute Gasteiger partial charge is 0.463 e. The van der Waals surface area contributed by atoms with E-state index in [0.29, 0.717) is 6.42 Å². The van der Waals surface area contributed by atoms with E-state index < -0.39 is 26.5 Å². The molecule has 0 saturated heterocycles. The lowest BCUT2D eigenvalue weighted by atomic mass is 10.0. The summed E-state index contributed by atoms with van der Waals surface area (Å²) in [7, 11) is -4.43. The van der Waals surface area contributed by atoms with Gasteiger partial charge < -0.3 is 20.1 Å². The zero-order valence-corrected chi connectivity index (χ0v) is 40.0. The van der Waals surface area contributed by atoms with Crippen molar-refractivity contribution in [2.45, 2.75) is 225 Å². The first-order valence-electron chi connectivity index (χ1n) is 24.8. The van der Waals surface area contributed by atoms with E-state index in [0.717, 1.165) is 89.9 Å². The summed E-state index contributed by atoms with van der Waals surface area (Å²) < 4.78 is 27.0. The number of nitrogens with one attached hydrogen (secondary N) is 1. The van der Waals surface area contributed by atoms with E-state index in [4.69, 9.17) is 13.8 Å². The number of phosphoric ester groups is 1. The summed E-state index contributed by atoms with van der Waals surface area (Å²) in [5, 5.41) is 12.7. The van der Waals surface area contributed by atoms with Gasteiger partial charge in [0.1, 0.15) is 12.7 Å². The molecule has 0 saturated carbocycles. The summed E-state index contributed by atoms with van der Waals surface area (Å²) in [6.45, 7) is 3.44. The molecule has 1 amide bonds. The minimum absolute atomic E-state index is 0.0691. The third-order valence-electron chi connectivity index (χ3n) is 10.5. The van der Waals surface area contributed by atoms with Gasteiger partial charge in [0.2, 0.25) is 5.91 Å². The molecule has 354 valence electrons. The third-order valence-corrected chi connectivity index (χ3v) is 11.4. The maximum atomic E-state index is 12.1. The average molecular weight is 878 g/mol. The minimum atomic E-state index is -4.43. The highest BCUT2D eigenvalue weighted by molar-refractivity contribution is 7.47. The number of hydrogen-bond acceptors (Lipinski definition) is 7. The summed E-state index contributed by atoms with van der Waals surface area (Å²) in [5.41, 5.74) is 0. The van der Waals surface area contributed by atoms with E-state index in [2.05, 4.69) is 79.9 Å². The number of ether oxygens (including phenoxy) is 1. The zero-order chi connectivity index (χ0) is 44.6. The van der Waals surface area contributed by atoms with Gasteiger partial charge in [-0.2, -0.15) is 0 Å². The van der Waals surface area contributed by atoms with E-state index in [9.17, 15) is 24.2 Å². The van der Waals surface area contributed by atoms with E-state index >= 15 is 0 Å². The molecule has 0 aromatic carbocycles. The van der Waals surface area contributed by atoms with Gasteiger partial charge in [0, 0.05) is 19.4 Å². The summed E-state index contributed by atoms with van der Waals surface area (Å²) in [4.78, 5) is 34.0. The van der Waals surface area contributed by atoms with Gasteiger partial charge in [-0.15, -0.1) is 0 Å². The van der Waals surface area contributed by atoms with E-state index in [1.165, 1.54) is 103 Å². The Morgan fingerprint density at radius 1 is 0.525 bits per heavy atom. The normalized spacial score (nSPS) is 13.7. The van der Waals surface area contributed by atoms with Crippen LogP contribution in [0, 0.1) is 0 Å². The van der Waals surface area contributed by atoms with Crippen molar-refractivity contribution < 1.29 is 37.9 Å². The van der Waals surface area contributed by atoms with Crippen LogP contribution < -0.4 is 5.32 Å². The summed E-state index contributed by atoms with van der Waals surface area (Å²) in [5.74, 6) is -0.532. The van der Waals surface area contributed by atoms with E-state index in [1.807, 2.05) is 0 Å². The Kier molecular flexibility index (Phi) is 45.4. The Morgan fingerprint density at radius 2 is 0.934 bits per heavy atom. The quantitative estimate of drug-likeness (QED) is 0.0238. The predicted octanol–water partition coefficient (Wildman–Crippen LogP) is 14.4. The molecule has 0 spiro atoms. The fourth-order valence-corrected chi connectivity index (χ4v) is 7.52. The number of phosphoric acid groups is 1. The van der Waals surface area contributed by atoms with Crippen LogP contribution in [0.3, 0.4) is 0 Å². The Labute approximate surface area is 374 Å². The van der Waals surface area contributed by atoms with Gasteiger partial charge in [-0.25, -0.2) is 4.57 Å². The molecule has 9 nitrogen and oxygen atoms in total. The molecule has 0 aromatic rings. The molecule has 0 aliphatic rings. The first-order valence-corrected chi connectivity index (χ1v) is 26.3. The fourth-order valence-electron chi connectivity index (χ4n) is 6.76. The van der Waals surface area contributed by atoms with Gasteiger partial charge in [-0.3, -0.25) is 18.6 Å². The molecule has 0 heterocycles. The maximum Gasteiger partial charge on any atom is 0.472 e. The number of carbonyl (C=O) groups excluding carboxylic acids is 2. The van der Waals surface area contributed by atoms with Crippen LogP contribution in [0.25, 0.3) is 0 Å². The molecule has 3 N–H and O–H groups in total. The molecule has 10 heteroatoms. The third kappa shape index (κ3) is 48.6. The number of aliphatic hydroxyl groups is 1. The number of hydrogen-bond donors (Lipinski definition) is 3. The largest absolute Gasteiger partial charge is 0.472 e. The number of carbonyl (C=O) groups is 2. The van der Waals surface area contributed by atoms with Gasteiger partial charge in [0.15, 0.2) is 0 Å². The van der Waals surface area contributed by atoms with Crippen LogP contribution in [-0.4, -0.2) is 54.3 Å². The maximum absolute atomic E-state index is 12.1. The molecule has 0 aromatic heterocycles. The first-order chi connectivity index (χ1) is 29.8. The van der Waals surface area contributed by atoms with Crippen LogP contribution in [0.2, 0.25) is 0 Å². The second-order valence-electron chi connectivity index (χ2n) is 16.4. The Morgan fingerprint density at radius 3 is 1.41 bits per heavy atom. The summed E-state index contributed by atoms with van der Waals surface area (Å²) in [6, 6.07) is 0. The van der Waals surface area contributed by atoms with Gasteiger partial charge >= 0.3 is 13.8 Å². The van der Waals surface area contributed by atoms with Gasteiger partial charge in [-0.1, -0.05) is 209 Å². The summed E-state index contributed by atoms with van der Waals surface area (Å²) in [6.07, 6.45) is 57.3. The topological polar surface area (TPSA) is 131 Å². The highest BCUT2D eigenvalue weighted by Crippen LogP contribution is 2.42. The number of esters is 1. The molecule has 0 rings (SSSR count). The summed E-state index contributed by atoms with van der Waals surface area (Å²) >= 11 is 0. The lowest BCUT2D eigenvalue weighted by Crippen LogP contribution is -2.27. The Balaban J connectivity index is 3.60. The van der Waals surface area contributed by atoms with Crippen molar-refractivity contribution in [2.75, 3.05) is 26.4 Å². The lowest BCUT2D eigenvalue weighted by molar-refractivity contribution is -0.147. The monoisotopic (exact) mass is 878 g/mol. The number of amides is 1. The molecule has 0 aliphatic heterocycles. The van der Waals surface area contributed by atoms with Crippen LogP contribution in [-0.2, 0) is 27.9 Å². The van der Waals surface area contributed by atoms with Crippen molar-refractivity contribution >= 4 is 19.7 Å². The van der Waals surface area contributed by atoms with Crippen molar-refractivity contribution in [2.24, 2.45) is 0 Å². The standard InChI is InChI=1S/C51H92NO8P/c1-3-5-7-9-11-13-15-17-19-21-23-24-26-27-29-31-33-35-37-39-41-43-50(54)52-45-46-59-61(56,57)60-48-49(53)47-58-51(55)44-42-40-38-36-34-32-30-28-25-22-20-18-16-14-12-10-8-6-4-2/h5,7,11,13,17,19,23-24,27,29,49,53H,3-4,6,8-10,12,14-16,18,20-22,25-26,28,30-48H2,1-2H3,(H,52,54)(H,56,57)/b7-5-,13-11-,19-17-,24-23-,29-27-. The molecule has 0 radical (unpaired) electrons. The van der Waals surface area contributed by atoms with Crippen LogP contribution >= 0.6 is 7.82 Å². The van der Waals surface area contributed by atoms with Crippen LogP contribution in [0.4, 0.5) is 0 Å². The van der Waals surface area contributed by atoms with E-state index in [-0.39, 0.29) is 32.1 Å². The second kappa shape index (κ2) is 47.2. The molecule has 0 fully saturated rings. The molecule has 0 bridgehead atoms. The molecule has 0 aliphatic carbocycles. The van der Waals surface area contributed by atoms with Gasteiger partial charge in [0.25, 0.3) is 0 Å². The van der Waals surface area contributed by atoms with Crippen LogP contribution in [0.5, 0.6) is 0 Å². The SMILES string of the molecule is CC/C=C\C/C=C\C/C=C\C/C=C\C/C=C\CCCCCCCC(=O)NCCOP(=O)(O)OCC(O)COC(=O)CCCCCCCCCCCCCCCCCCCCC. The average Bonchev–Trinajstić information content (AvgIpc) is 3.25. The second-order valence-corrected chi connectivity index (χ2v) is 17.9. The van der Waals surface area contributed by atoms with Crippen molar-refractivity contribution in [3.05, 3.63) is 60.8 Å². The Bertz CT molecular complexity index is 1180. The van der Waals surface area contributed by atoms with Crippen LogP contribution in [0.1, 0.15) is 219 Å². The molecule has 2 unspecified atom stereocenters. The minimum Gasteiger partial charge on any atom is -0.463 e. The first kappa shape index (κ1) is 58.7. The highest BCUT2D eigenvalue weighted by Gasteiger charge is 2.23. The number of rotatable bonds is 46. The van der Waals surface area contributed by atoms with Crippen molar-refractivity contribution in [1.29, 1.82) is 0 Å². The van der Waals surface area contributed by atoms with Crippen molar-refractivity contribution in [3.63, 3.8) is 0 Å². The number of unbranched alkanes of at least 4 members (excludes halogenated alkanes) is 23. The van der Waals surface area contributed by atoms with Gasteiger partial charge in [0.05, 0.1) is 13.2 Å². The van der Waals surface area contributed by atoms with Crippen LogP contribution in [0.15, 0.2) is 60.8 Å². The number of aliphatic hydroxyl groups excluding tert-OH is 1.